The Morgan fingerprint density at radius 1 is 1.19 bits per heavy atom. The first-order valence-electron chi connectivity index (χ1n) is 5.07. The SMILES string of the molecule is Nc1ccncc1N1Cc2cncnc2C1. The number of hydrogen-bond acceptors (Lipinski definition) is 5. The largest absolute Gasteiger partial charge is 0.397 e. The van der Waals surface area contributed by atoms with Crippen molar-refractivity contribution in [3.05, 3.63) is 42.2 Å². The normalized spacial score (nSPS) is 13.9. The molecule has 3 heterocycles. The number of rotatable bonds is 1. The minimum absolute atomic E-state index is 0.746. The van der Waals surface area contributed by atoms with Crippen LogP contribution in [0.4, 0.5) is 11.4 Å². The Hall–Kier alpha value is -2.17. The maximum absolute atomic E-state index is 5.92. The molecule has 2 N–H and O–H groups in total. The zero-order valence-corrected chi connectivity index (χ0v) is 8.67. The molecule has 3 rings (SSSR count). The molecule has 0 fully saturated rings. The fourth-order valence-corrected chi connectivity index (χ4v) is 1.93. The van der Waals surface area contributed by atoms with Crippen molar-refractivity contribution >= 4 is 11.4 Å². The molecule has 0 amide bonds. The number of anilines is 2. The third kappa shape index (κ3) is 1.37. The van der Waals surface area contributed by atoms with Gasteiger partial charge in [-0.1, -0.05) is 0 Å². The molecule has 80 valence electrons. The maximum atomic E-state index is 5.92. The van der Waals surface area contributed by atoms with Gasteiger partial charge in [-0.25, -0.2) is 9.97 Å². The van der Waals surface area contributed by atoms with Crippen LogP contribution < -0.4 is 10.6 Å². The summed E-state index contributed by atoms with van der Waals surface area (Å²) >= 11 is 0. The number of nitrogens with zero attached hydrogens (tertiary/aromatic N) is 4. The summed E-state index contributed by atoms with van der Waals surface area (Å²) in [6.45, 7) is 1.57. The molecule has 0 atom stereocenters. The van der Waals surface area contributed by atoms with Gasteiger partial charge in [0.05, 0.1) is 29.8 Å². The summed E-state index contributed by atoms with van der Waals surface area (Å²) in [7, 11) is 0. The van der Waals surface area contributed by atoms with Crippen LogP contribution in [0.2, 0.25) is 0 Å². The van der Waals surface area contributed by atoms with E-state index in [4.69, 9.17) is 5.73 Å². The van der Waals surface area contributed by atoms with Crippen LogP contribution in [-0.4, -0.2) is 15.0 Å². The maximum Gasteiger partial charge on any atom is 0.115 e. The highest BCUT2D eigenvalue weighted by Crippen LogP contribution is 2.29. The van der Waals surface area contributed by atoms with E-state index in [0.717, 1.165) is 35.7 Å². The van der Waals surface area contributed by atoms with Gasteiger partial charge in [0, 0.05) is 24.5 Å². The van der Waals surface area contributed by atoms with Crippen LogP contribution in [0.5, 0.6) is 0 Å². The van der Waals surface area contributed by atoms with Crippen molar-refractivity contribution in [2.75, 3.05) is 10.6 Å². The highest BCUT2D eigenvalue weighted by atomic mass is 15.2. The van der Waals surface area contributed by atoms with E-state index in [1.54, 1.807) is 18.7 Å². The van der Waals surface area contributed by atoms with Crippen molar-refractivity contribution in [2.45, 2.75) is 13.1 Å². The third-order valence-electron chi connectivity index (χ3n) is 2.76. The lowest BCUT2D eigenvalue weighted by Crippen LogP contribution is -2.16. The van der Waals surface area contributed by atoms with Crippen molar-refractivity contribution in [3.8, 4) is 0 Å². The minimum Gasteiger partial charge on any atom is -0.397 e. The van der Waals surface area contributed by atoms with E-state index < -0.39 is 0 Å². The van der Waals surface area contributed by atoms with Crippen LogP contribution in [0.15, 0.2) is 31.0 Å². The second kappa shape index (κ2) is 3.44. The molecule has 0 saturated heterocycles. The summed E-state index contributed by atoms with van der Waals surface area (Å²) in [6, 6.07) is 1.81. The quantitative estimate of drug-likeness (QED) is 0.764. The first kappa shape index (κ1) is 9.08. The summed E-state index contributed by atoms with van der Waals surface area (Å²) in [4.78, 5) is 14.5. The lowest BCUT2D eigenvalue weighted by Gasteiger charge is -2.18. The van der Waals surface area contributed by atoms with Crippen LogP contribution >= 0.6 is 0 Å². The summed E-state index contributed by atoms with van der Waals surface area (Å²) in [5.74, 6) is 0. The Morgan fingerprint density at radius 2 is 2.12 bits per heavy atom. The highest BCUT2D eigenvalue weighted by molar-refractivity contribution is 5.66. The lowest BCUT2D eigenvalue weighted by molar-refractivity contribution is 0.868. The molecule has 0 aromatic carbocycles. The Morgan fingerprint density at radius 3 is 2.94 bits per heavy atom. The van der Waals surface area contributed by atoms with E-state index in [2.05, 4.69) is 19.9 Å². The molecule has 5 nitrogen and oxygen atoms in total. The molecule has 1 aliphatic rings. The first-order valence-corrected chi connectivity index (χ1v) is 5.07. The number of nitrogens with two attached hydrogens (primary N) is 1. The molecule has 0 bridgehead atoms. The Labute approximate surface area is 93.0 Å². The Kier molecular flexibility index (Phi) is 1.96. The Balaban J connectivity index is 1.95. The summed E-state index contributed by atoms with van der Waals surface area (Å²) in [6.07, 6.45) is 6.92. The Bertz CT molecular complexity index is 500. The van der Waals surface area contributed by atoms with E-state index in [1.165, 1.54) is 0 Å². The number of fused-ring (bicyclic) bond motifs is 1. The van der Waals surface area contributed by atoms with Gasteiger partial charge in [0.1, 0.15) is 6.33 Å². The topological polar surface area (TPSA) is 67.9 Å². The van der Waals surface area contributed by atoms with Crippen LogP contribution in [0.3, 0.4) is 0 Å². The number of nitrogen functional groups attached to an aromatic ring is 1. The van der Waals surface area contributed by atoms with Gasteiger partial charge in [-0.15, -0.1) is 0 Å². The third-order valence-corrected chi connectivity index (χ3v) is 2.76. The van der Waals surface area contributed by atoms with E-state index in [1.807, 2.05) is 12.3 Å². The fraction of sp³-hybridized carbons (Fsp3) is 0.182. The number of pyridine rings is 1. The predicted molar refractivity (Wildman–Crippen MR) is 60.6 cm³/mol. The van der Waals surface area contributed by atoms with Crippen LogP contribution in [0.1, 0.15) is 11.3 Å². The molecule has 2 aromatic heterocycles. The molecule has 16 heavy (non-hydrogen) atoms. The first-order chi connectivity index (χ1) is 7.84. The van der Waals surface area contributed by atoms with Crippen LogP contribution in [-0.2, 0) is 13.1 Å². The average Bonchev–Trinajstić information content (AvgIpc) is 2.73. The van der Waals surface area contributed by atoms with Crippen molar-refractivity contribution in [3.63, 3.8) is 0 Å². The molecule has 0 spiro atoms. The molecule has 0 radical (unpaired) electrons. The highest BCUT2D eigenvalue weighted by Gasteiger charge is 2.21. The van der Waals surface area contributed by atoms with Crippen molar-refractivity contribution in [1.82, 2.24) is 15.0 Å². The molecular weight excluding hydrogens is 202 g/mol. The number of hydrogen-bond donors (Lipinski definition) is 1. The van der Waals surface area contributed by atoms with Crippen molar-refractivity contribution in [1.29, 1.82) is 0 Å². The van der Waals surface area contributed by atoms with E-state index >= 15 is 0 Å². The monoisotopic (exact) mass is 213 g/mol. The molecule has 5 heteroatoms. The smallest absolute Gasteiger partial charge is 0.115 e. The van der Waals surface area contributed by atoms with E-state index in [0.29, 0.717) is 0 Å². The standard InChI is InChI=1S/C11H11N5/c12-9-1-2-13-4-11(9)16-5-8-3-14-7-15-10(8)6-16/h1-4,7H,5-6H2,(H2,12,13). The number of aromatic nitrogens is 3. The van der Waals surface area contributed by atoms with Gasteiger partial charge in [-0.05, 0) is 6.07 Å². The minimum atomic E-state index is 0.746. The van der Waals surface area contributed by atoms with Gasteiger partial charge in [0.15, 0.2) is 0 Å². The zero-order valence-electron chi connectivity index (χ0n) is 8.67. The van der Waals surface area contributed by atoms with Crippen LogP contribution in [0.25, 0.3) is 0 Å². The summed E-state index contributed by atoms with van der Waals surface area (Å²) in [5.41, 5.74) is 9.85. The van der Waals surface area contributed by atoms with Crippen molar-refractivity contribution < 1.29 is 0 Å². The second-order valence-corrected chi connectivity index (χ2v) is 3.79. The summed E-state index contributed by atoms with van der Waals surface area (Å²) in [5, 5.41) is 0. The van der Waals surface area contributed by atoms with Gasteiger partial charge in [0.2, 0.25) is 0 Å². The lowest BCUT2D eigenvalue weighted by atomic mass is 10.3. The molecule has 0 aliphatic carbocycles. The molecule has 1 aliphatic heterocycles. The second-order valence-electron chi connectivity index (χ2n) is 3.79. The van der Waals surface area contributed by atoms with Gasteiger partial charge < -0.3 is 10.6 Å². The molecule has 0 unspecified atom stereocenters. The van der Waals surface area contributed by atoms with Gasteiger partial charge in [-0.2, -0.15) is 0 Å². The average molecular weight is 213 g/mol. The zero-order chi connectivity index (χ0) is 11.0. The van der Waals surface area contributed by atoms with Gasteiger partial charge in [-0.3, -0.25) is 4.98 Å². The fourth-order valence-electron chi connectivity index (χ4n) is 1.93. The van der Waals surface area contributed by atoms with Gasteiger partial charge >= 0.3 is 0 Å². The van der Waals surface area contributed by atoms with Gasteiger partial charge in [0.25, 0.3) is 0 Å². The molecular formula is C11H11N5. The molecule has 2 aromatic rings. The van der Waals surface area contributed by atoms with E-state index in [-0.39, 0.29) is 0 Å². The van der Waals surface area contributed by atoms with Crippen molar-refractivity contribution in [2.24, 2.45) is 0 Å². The predicted octanol–water partition coefficient (Wildman–Crippen LogP) is 0.974. The summed E-state index contributed by atoms with van der Waals surface area (Å²) < 4.78 is 0. The van der Waals surface area contributed by atoms with Crippen LogP contribution in [0, 0.1) is 0 Å². The van der Waals surface area contributed by atoms with E-state index in [9.17, 15) is 0 Å². The molecule has 0 saturated carbocycles.